The van der Waals surface area contributed by atoms with Gasteiger partial charge in [0.2, 0.25) is 5.16 Å². The molecule has 2 rings (SSSR count). The molecule has 2 aromatic rings. The lowest BCUT2D eigenvalue weighted by Crippen LogP contribution is -1.97. The summed E-state index contributed by atoms with van der Waals surface area (Å²) in [6.07, 6.45) is 1.46. The molecular formula is C12H11N3O3S. The second-order valence-corrected chi connectivity index (χ2v) is 4.72. The van der Waals surface area contributed by atoms with Crippen molar-refractivity contribution in [2.75, 3.05) is 0 Å². The number of phenolic OH excluding ortho intramolecular Hbond substituents is 1. The van der Waals surface area contributed by atoms with Gasteiger partial charge < -0.3 is 10.2 Å². The SMILES string of the molecule is Cc1nc(S/C(=C\c2cccc(O)c2)C(=O)O)n[nH]1. The molecule has 1 heterocycles. The van der Waals surface area contributed by atoms with Gasteiger partial charge in [-0.05, 0) is 42.5 Å². The number of hydrogen-bond acceptors (Lipinski definition) is 5. The molecule has 1 aromatic heterocycles. The molecule has 0 radical (unpaired) electrons. The average Bonchev–Trinajstić information content (AvgIpc) is 2.74. The van der Waals surface area contributed by atoms with Crippen LogP contribution in [0.2, 0.25) is 0 Å². The molecule has 0 amide bonds. The van der Waals surface area contributed by atoms with Crippen LogP contribution < -0.4 is 0 Å². The van der Waals surface area contributed by atoms with E-state index in [0.717, 1.165) is 11.8 Å². The number of rotatable bonds is 4. The number of thioether (sulfide) groups is 1. The largest absolute Gasteiger partial charge is 0.508 e. The molecule has 0 aliphatic carbocycles. The van der Waals surface area contributed by atoms with Crippen LogP contribution in [0.5, 0.6) is 5.75 Å². The number of aromatic hydroxyl groups is 1. The standard InChI is InChI=1S/C12H11N3O3S/c1-7-13-12(15-14-7)19-10(11(17)18)6-8-3-2-4-9(16)5-8/h2-6,16H,1H3,(H,17,18)(H,13,14,15)/b10-6-. The number of aliphatic carboxylic acids is 1. The number of phenols is 1. The number of carboxylic acids is 1. The average molecular weight is 277 g/mol. The topological polar surface area (TPSA) is 99.1 Å². The van der Waals surface area contributed by atoms with Crippen LogP contribution in [0.15, 0.2) is 34.3 Å². The minimum atomic E-state index is -1.07. The molecule has 19 heavy (non-hydrogen) atoms. The second kappa shape index (κ2) is 5.57. The molecule has 0 bridgehead atoms. The van der Waals surface area contributed by atoms with Crippen molar-refractivity contribution in [2.45, 2.75) is 12.1 Å². The maximum atomic E-state index is 11.2. The normalized spacial score (nSPS) is 11.5. The van der Waals surface area contributed by atoms with E-state index in [1.165, 1.54) is 18.2 Å². The van der Waals surface area contributed by atoms with Gasteiger partial charge >= 0.3 is 5.97 Å². The molecule has 7 heteroatoms. The van der Waals surface area contributed by atoms with Gasteiger partial charge in [-0.3, -0.25) is 5.10 Å². The summed E-state index contributed by atoms with van der Waals surface area (Å²) in [4.78, 5) is 15.3. The predicted molar refractivity (Wildman–Crippen MR) is 70.7 cm³/mol. The highest BCUT2D eigenvalue weighted by molar-refractivity contribution is 8.04. The molecule has 0 atom stereocenters. The summed E-state index contributed by atoms with van der Waals surface area (Å²) in [6, 6.07) is 6.34. The Bertz CT molecular complexity index is 637. The van der Waals surface area contributed by atoms with Crippen LogP contribution >= 0.6 is 11.8 Å². The maximum absolute atomic E-state index is 11.2. The van der Waals surface area contributed by atoms with E-state index in [1.807, 2.05) is 0 Å². The number of aryl methyl sites for hydroxylation is 1. The highest BCUT2D eigenvalue weighted by atomic mass is 32.2. The van der Waals surface area contributed by atoms with Crippen molar-refractivity contribution in [1.29, 1.82) is 0 Å². The molecule has 6 nitrogen and oxygen atoms in total. The minimum absolute atomic E-state index is 0.0737. The van der Waals surface area contributed by atoms with Crippen molar-refractivity contribution in [1.82, 2.24) is 15.2 Å². The summed E-state index contributed by atoms with van der Waals surface area (Å²) in [6.45, 7) is 1.73. The van der Waals surface area contributed by atoms with Crippen molar-refractivity contribution in [3.05, 3.63) is 40.6 Å². The molecular weight excluding hydrogens is 266 g/mol. The molecule has 0 saturated heterocycles. The number of H-pyrrole nitrogens is 1. The highest BCUT2D eigenvalue weighted by Crippen LogP contribution is 2.26. The van der Waals surface area contributed by atoms with Crippen LogP contribution in [0.25, 0.3) is 6.08 Å². The fourth-order valence-corrected chi connectivity index (χ4v) is 2.12. The van der Waals surface area contributed by atoms with E-state index >= 15 is 0 Å². The van der Waals surface area contributed by atoms with Crippen molar-refractivity contribution in [2.24, 2.45) is 0 Å². The monoisotopic (exact) mass is 277 g/mol. The van der Waals surface area contributed by atoms with Crippen LogP contribution in [0.1, 0.15) is 11.4 Å². The molecule has 0 spiro atoms. The number of carboxylic acid groups (broad SMARTS) is 1. The minimum Gasteiger partial charge on any atom is -0.508 e. The molecule has 1 aromatic carbocycles. The third kappa shape index (κ3) is 3.59. The van der Waals surface area contributed by atoms with E-state index in [4.69, 9.17) is 5.11 Å². The lowest BCUT2D eigenvalue weighted by Gasteiger charge is -2.00. The Morgan fingerprint density at radius 2 is 2.26 bits per heavy atom. The van der Waals surface area contributed by atoms with Gasteiger partial charge in [-0.15, -0.1) is 5.10 Å². The van der Waals surface area contributed by atoms with E-state index in [-0.39, 0.29) is 10.7 Å². The number of nitrogens with one attached hydrogen (secondary N) is 1. The molecule has 0 aliphatic rings. The van der Waals surface area contributed by atoms with Crippen LogP contribution in [-0.4, -0.2) is 31.4 Å². The Morgan fingerprint density at radius 1 is 1.47 bits per heavy atom. The van der Waals surface area contributed by atoms with Crippen molar-refractivity contribution in [3.63, 3.8) is 0 Å². The first kappa shape index (κ1) is 13.2. The molecule has 0 fully saturated rings. The van der Waals surface area contributed by atoms with E-state index in [2.05, 4.69) is 15.2 Å². The first-order chi connectivity index (χ1) is 9.04. The second-order valence-electron chi connectivity index (χ2n) is 3.71. The van der Waals surface area contributed by atoms with Gasteiger partial charge in [0.15, 0.2) is 0 Å². The zero-order valence-electron chi connectivity index (χ0n) is 9.99. The molecule has 0 aliphatic heterocycles. The Hall–Kier alpha value is -2.28. The van der Waals surface area contributed by atoms with Crippen molar-refractivity contribution < 1.29 is 15.0 Å². The van der Waals surface area contributed by atoms with Crippen LogP contribution in [0.3, 0.4) is 0 Å². The summed E-state index contributed by atoms with van der Waals surface area (Å²) in [5.74, 6) is -0.377. The Morgan fingerprint density at radius 3 is 2.84 bits per heavy atom. The number of benzene rings is 1. The molecule has 3 N–H and O–H groups in total. The fourth-order valence-electron chi connectivity index (χ4n) is 1.37. The number of hydrogen-bond donors (Lipinski definition) is 3. The van der Waals surface area contributed by atoms with E-state index in [9.17, 15) is 9.90 Å². The zero-order chi connectivity index (χ0) is 13.8. The van der Waals surface area contributed by atoms with Gasteiger partial charge in [0.1, 0.15) is 16.5 Å². The number of carbonyl (C=O) groups is 1. The van der Waals surface area contributed by atoms with Crippen molar-refractivity contribution >= 4 is 23.8 Å². The summed E-state index contributed by atoms with van der Waals surface area (Å²) >= 11 is 0.945. The van der Waals surface area contributed by atoms with Crippen LogP contribution in [0, 0.1) is 6.92 Å². The molecule has 0 saturated carbocycles. The number of aromatic nitrogens is 3. The Kier molecular flexibility index (Phi) is 3.86. The first-order valence-corrected chi connectivity index (χ1v) is 6.17. The van der Waals surface area contributed by atoms with Gasteiger partial charge in [0.25, 0.3) is 0 Å². The summed E-state index contributed by atoms with van der Waals surface area (Å²) in [5.41, 5.74) is 0.595. The van der Waals surface area contributed by atoms with Crippen LogP contribution in [-0.2, 0) is 4.79 Å². The third-order valence-electron chi connectivity index (χ3n) is 2.16. The van der Waals surface area contributed by atoms with E-state index in [0.29, 0.717) is 16.5 Å². The van der Waals surface area contributed by atoms with Gasteiger partial charge in [0, 0.05) is 0 Å². The van der Waals surface area contributed by atoms with Gasteiger partial charge in [0.05, 0.1) is 0 Å². The van der Waals surface area contributed by atoms with E-state index in [1.54, 1.807) is 19.1 Å². The summed E-state index contributed by atoms with van der Waals surface area (Å²) < 4.78 is 0. The lowest BCUT2D eigenvalue weighted by molar-refractivity contribution is -0.131. The van der Waals surface area contributed by atoms with Gasteiger partial charge in [-0.1, -0.05) is 12.1 Å². The summed E-state index contributed by atoms with van der Waals surface area (Å²) in [7, 11) is 0. The third-order valence-corrected chi connectivity index (χ3v) is 3.03. The highest BCUT2D eigenvalue weighted by Gasteiger charge is 2.12. The lowest BCUT2D eigenvalue weighted by atomic mass is 10.2. The first-order valence-electron chi connectivity index (χ1n) is 5.35. The maximum Gasteiger partial charge on any atom is 0.342 e. The fraction of sp³-hybridized carbons (Fsp3) is 0.0833. The van der Waals surface area contributed by atoms with Gasteiger partial charge in [-0.2, -0.15) is 0 Å². The van der Waals surface area contributed by atoms with Crippen LogP contribution in [0.4, 0.5) is 0 Å². The van der Waals surface area contributed by atoms with Crippen molar-refractivity contribution in [3.8, 4) is 5.75 Å². The number of nitrogens with zero attached hydrogens (tertiary/aromatic N) is 2. The summed E-state index contributed by atoms with van der Waals surface area (Å²) in [5, 5.41) is 25.4. The predicted octanol–water partition coefficient (Wildman–Crippen LogP) is 2.04. The number of aromatic amines is 1. The Balaban J connectivity index is 2.27. The zero-order valence-corrected chi connectivity index (χ0v) is 10.8. The smallest absolute Gasteiger partial charge is 0.342 e. The van der Waals surface area contributed by atoms with E-state index < -0.39 is 5.97 Å². The van der Waals surface area contributed by atoms with Gasteiger partial charge in [-0.25, -0.2) is 9.78 Å². The molecule has 0 unspecified atom stereocenters. The Labute approximate surface area is 113 Å². The quantitative estimate of drug-likeness (QED) is 0.584. The molecule has 98 valence electrons.